The molecule has 2 aromatic heterocycles. The van der Waals surface area contributed by atoms with E-state index in [1.165, 1.54) is 0 Å². The molecule has 2 aromatic rings. The summed E-state index contributed by atoms with van der Waals surface area (Å²) in [6.45, 7) is 4.84. The largest absolute Gasteiger partial charge is 0.461 e. The number of aryl methyl sites for hydroxylation is 1. The predicted octanol–water partition coefficient (Wildman–Crippen LogP) is 2.48. The van der Waals surface area contributed by atoms with Crippen molar-refractivity contribution in [2.45, 2.75) is 13.8 Å². The lowest BCUT2D eigenvalue weighted by Gasteiger charge is -2.03. The summed E-state index contributed by atoms with van der Waals surface area (Å²) in [5, 5.41) is 3.14. The topological polar surface area (TPSA) is 51.0 Å². The molecule has 0 saturated carbocycles. The van der Waals surface area contributed by atoms with E-state index in [9.17, 15) is 0 Å². The van der Waals surface area contributed by atoms with Gasteiger partial charge in [-0.05, 0) is 31.5 Å². The van der Waals surface area contributed by atoms with Crippen molar-refractivity contribution in [2.24, 2.45) is 0 Å². The van der Waals surface area contributed by atoms with Gasteiger partial charge in [-0.1, -0.05) is 0 Å². The van der Waals surface area contributed by atoms with Crippen LogP contribution in [0.4, 0.5) is 5.82 Å². The Bertz CT molecular complexity index is 451. The van der Waals surface area contributed by atoms with Crippen LogP contribution in [0.2, 0.25) is 0 Å². The fraction of sp³-hybridized carbons (Fsp3) is 0.273. The molecule has 0 radical (unpaired) electrons. The molecule has 4 nitrogen and oxygen atoms in total. The van der Waals surface area contributed by atoms with Crippen LogP contribution in [0.25, 0.3) is 11.6 Å². The molecule has 0 aromatic carbocycles. The lowest BCUT2D eigenvalue weighted by Crippen LogP contribution is -2.00. The van der Waals surface area contributed by atoms with Crippen molar-refractivity contribution in [1.29, 1.82) is 0 Å². The minimum absolute atomic E-state index is 0.621. The van der Waals surface area contributed by atoms with Crippen molar-refractivity contribution >= 4 is 5.82 Å². The van der Waals surface area contributed by atoms with Crippen molar-refractivity contribution < 1.29 is 4.42 Å². The Balaban J connectivity index is 2.37. The van der Waals surface area contributed by atoms with Crippen LogP contribution in [0.15, 0.2) is 29.0 Å². The van der Waals surface area contributed by atoms with Crippen LogP contribution in [0.5, 0.6) is 0 Å². The van der Waals surface area contributed by atoms with Gasteiger partial charge in [-0.3, -0.25) is 0 Å². The molecule has 0 aliphatic heterocycles. The zero-order chi connectivity index (χ0) is 10.7. The number of anilines is 1. The molecule has 2 rings (SSSR count). The van der Waals surface area contributed by atoms with Gasteiger partial charge >= 0.3 is 0 Å². The van der Waals surface area contributed by atoms with Gasteiger partial charge in [0.1, 0.15) is 5.82 Å². The Morgan fingerprint density at radius 1 is 1.40 bits per heavy atom. The third-order valence-electron chi connectivity index (χ3n) is 2.08. The summed E-state index contributed by atoms with van der Waals surface area (Å²) in [7, 11) is 0. The smallest absolute Gasteiger partial charge is 0.197 e. The average molecular weight is 203 g/mol. The van der Waals surface area contributed by atoms with Crippen LogP contribution in [-0.2, 0) is 0 Å². The van der Waals surface area contributed by atoms with E-state index in [1.54, 1.807) is 12.5 Å². The van der Waals surface area contributed by atoms with Crippen LogP contribution in [0.3, 0.4) is 0 Å². The van der Waals surface area contributed by atoms with Gasteiger partial charge in [-0.15, -0.1) is 0 Å². The zero-order valence-electron chi connectivity index (χ0n) is 8.82. The molecule has 0 saturated heterocycles. The number of hydrogen-bond donors (Lipinski definition) is 1. The highest BCUT2D eigenvalue weighted by Crippen LogP contribution is 2.21. The zero-order valence-corrected chi connectivity index (χ0v) is 8.82. The molecule has 0 aliphatic carbocycles. The molecule has 0 bridgehead atoms. The monoisotopic (exact) mass is 203 g/mol. The molecule has 0 spiro atoms. The highest BCUT2D eigenvalue weighted by atomic mass is 16.3. The Morgan fingerprint density at radius 2 is 2.27 bits per heavy atom. The van der Waals surface area contributed by atoms with Gasteiger partial charge in [-0.25, -0.2) is 9.97 Å². The molecule has 4 heteroatoms. The fourth-order valence-corrected chi connectivity index (χ4v) is 1.35. The van der Waals surface area contributed by atoms with E-state index < -0.39 is 0 Å². The first-order valence-corrected chi connectivity index (χ1v) is 4.92. The molecular weight excluding hydrogens is 190 g/mol. The second-order valence-electron chi connectivity index (χ2n) is 3.23. The molecule has 0 amide bonds. The first kappa shape index (κ1) is 9.71. The van der Waals surface area contributed by atoms with Gasteiger partial charge in [0.05, 0.1) is 6.26 Å². The minimum Gasteiger partial charge on any atom is -0.461 e. The fourth-order valence-electron chi connectivity index (χ4n) is 1.35. The molecule has 2 heterocycles. The maximum atomic E-state index is 5.33. The maximum absolute atomic E-state index is 5.33. The Kier molecular flexibility index (Phi) is 2.67. The van der Waals surface area contributed by atoms with Crippen molar-refractivity contribution in [3.05, 3.63) is 30.2 Å². The minimum atomic E-state index is 0.621. The van der Waals surface area contributed by atoms with E-state index >= 15 is 0 Å². The van der Waals surface area contributed by atoms with Crippen LogP contribution >= 0.6 is 0 Å². The van der Waals surface area contributed by atoms with Gasteiger partial charge in [0.15, 0.2) is 11.6 Å². The van der Waals surface area contributed by atoms with E-state index in [0.717, 1.165) is 23.7 Å². The number of nitrogens with one attached hydrogen (secondary N) is 1. The second kappa shape index (κ2) is 4.13. The summed E-state index contributed by atoms with van der Waals surface area (Å²) in [6.07, 6.45) is 3.37. The molecular formula is C11H13N3O. The molecule has 0 aliphatic rings. The van der Waals surface area contributed by atoms with Gasteiger partial charge in [0.25, 0.3) is 0 Å². The van der Waals surface area contributed by atoms with Crippen molar-refractivity contribution in [1.82, 2.24) is 9.97 Å². The van der Waals surface area contributed by atoms with E-state index in [4.69, 9.17) is 4.42 Å². The van der Waals surface area contributed by atoms with Gasteiger partial charge in [-0.2, -0.15) is 0 Å². The third-order valence-corrected chi connectivity index (χ3v) is 2.08. The maximum Gasteiger partial charge on any atom is 0.197 e. The number of nitrogens with zero attached hydrogens (tertiary/aromatic N) is 2. The first-order valence-electron chi connectivity index (χ1n) is 4.92. The van der Waals surface area contributed by atoms with Crippen LogP contribution in [0.1, 0.15) is 12.5 Å². The highest BCUT2D eigenvalue weighted by Gasteiger charge is 2.08. The van der Waals surface area contributed by atoms with Gasteiger partial charge in [0, 0.05) is 12.7 Å². The quantitative estimate of drug-likeness (QED) is 0.832. The number of aromatic nitrogens is 2. The molecule has 15 heavy (non-hydrogen) atoms. The third kappa shape index (κ3) is 1.98. The summed E-state index contributed by atoms with van der Waals surface area (Å²) in [4.78, 5) is 8.53. The van der Waals surface area contributed by atoms with E-state index in [-0.39, 0.29) is 0 Å². The molecule has 1 N–H and O–H groups in total. The first-order chi connectivity index (χ1) is 7.31. The van der Waals surface area contributed by atoms with Crippen molar-refractivity contribution in [3.8, 4) is 11.6 Å². The van der Waals surface area contributed by atoms with Gasteiger partial charge < -0.3 is 9.73 Å². The predicted molar refractivity (Wildman–Crippen MR) is 58.6 cm³/mol. The molecule has 0 atom stereocenters. The lowest BCUT2D eigenvalue weighted by atomic mass is 10.3. The molecule has 78 valence electrons. The summed E-state index contributed by atoms with van der Waals surface area (Å²) < 4.78 is 5.33. The number of hydrogen-bond acceptors (Lipinski definition) is 4. The van der Waals surface area contributed by atoms with Crippen LogP contribution in [0, 0.1) is 6.92 Å². The molecule has 0 unspecified atom stereocenters. The standard InChI is InChI=1S/C11H13N3O/c1-3-12-9-4-6-13-11(14-9)10-8(2)5-7-15-10/h4-7H,3H2,1-2H3,(H,12,13,14). The molecule has 0 fully saturated rings. The van der Waals surface area contributed by atoms with Crippen molar-refractivity contribution in [3.63, 3.8) is 0 Å². The Hall–Kier alpha value is -1.84. The van der Waals surface area contributed by atoms with Crippen LogP contribution in [-0.4, -0.2) is 16.5 Å². The Morgan fingerprint density at radius 3 is 2.93 bits per heavy atom. The van der Waals surface area contributed by atoms with E-state index in [2.05, 4.69) is 15.3 Å². The summed E-state index contributed by atoms with van der Waals surface area (Å²) >= 11 is 0. The van der Waals surface area contributed by atoms with Gasteiger partial charge in [0.2, 0.25) is 0 Å². The van der Waals surface area contributed by atoms with Crippen molar-refractivity contribution in [2.75, 3.05) is 11.9 Å². The summed E-state index contributed by atoms with van der Waals surface area (Å²) in [5.41, 5.74) is 1.05. The average Bonchev–Trinajstić information content (AvgIpc) is 2.65. The lowest BCUT2D eigenvalue weighted by molar-refractivity contribution is 0.575. The summed E-state index contributed by atoms with van der Waals surface area (Å²) in [6, 6.07) is 3.74. The second-order valence-corrected chi connectivity index (χ2v) is 3.23. The number of rotatable bonds is 3. The van der Waals surface area contributed by atoms with E-state index in [0.29, 0.717) is 5.82 Å². The Labute approximate surface area is 88.4 Å². The summed E-state index contributed by atoms with van der Waals surface area (Å²) in [5.74, 6) is 2.17. The SMILES string of the molecule is CCNc1ccnc(-c2occc2C)n1. The number of furan rings is 1. The highest BCUT2D eigenvalue weighted by molar-refractivity contribution is 5.54. The van der Waals surface area contributed by atoms with E-state index in [1.807, 2.05) is 26.0 Å². The van der Waals surface area contributed by atoms with Crippen LogP contribution < -0.4 is 5.32 Å². The normalized spacial score (nSPS) is 10.3.